The van der Waals surface area contributed by atoms with Crippen molar-refractivity contribution in [2.75, 3.05) is 16.8 Å². The molecule has 2 rings (SSSR count). The van der Waals surface area contributed by atoms with Gasteiger partial charge in [-0.15, -0.1) is 0 Å². The summed E-state index contributed by atoms with van der Waals surface area (Å²) in [4.78, 5) is 38.0. The van der Waals surface area contributed by atoms with Gasteiger partial charge in [-0.25, -0.2) is 4.79 Å². The minimum absolute atomic E-state index is 0.139. The van der Waals surface area contributed by atoms with Crippen LogP contribution in [0.3, 0.4) is 0 Å². The largest absolute Gasteiger partial charge is 0.449 e. The fourth-order valence-corrected chi connectivity index (χ4v) is 2.60. The summed E-state index contributed by atoms with van der Waals surface area (Å²) in [6.07, 6.45) is -1.20. The number of esters is 1. The van der Waals surface area contributed by atoms with Crippen LogP contribution in [0.15, 0.2) is 54.6 Å². The molecule has 8 heteroatoms. The number of nitrogens with one attached hydrogen (secondary N) is 1. The molecule has 1 N–H and O–H groups in total. The molecule has 30 heavy (non-hydrogen) atoms. The lowest BCUT2D eigenvalue weighted by Crippen LogP contribution is -2.40. The monoisotopic (exact) mass is 404 g/mol. The zero-order chi connectivity index (χ0) is 21.9. The first-order valence-electron chi connectivity index (χ1n) is 9.17. The van der Waals surface area contributed by atoms with Gasteiger partial charge in [0, 0.05) is 17.9 Å². The van der Waals surface area contributed by atoms with Crippen LogP contribution in [0.5, 0.6) is 0 Å². The van der Waals surface area contributed by atoms with Crippen molar-refractivity contribution in [3.05, 3.63) is 60.2 Å². The van der Waals surface area contributed by atoms with Gasteiger partial charge in [0.2, 0.25) is 5.91 Å². The second-order valence-electron chi connectivity index (χ2n) is 6.24. The molecule has 0 aliphatic heterocycles. The summed E-state index contributed by atoms with van der Waals surface area (Å²) in [6.45, 7) is 1.65. The molecule has 8 nitrogen and oxygen atoms in total. The van der Waals surface area contributed by atoms with Gasteiger partial charge in [-0.2, -0.15) is 10.5 Å². The summed E-state index contributed by atoms with van der Waals surface area (Å²) in [5, 5.41) is 19.9. The van der Waals surface area contributed by atoms with Gasteiger partial charge in [-0.05, 0) is 43.3 Å². The summed E-state index contributed by atoms with van der Waals surface area (Å²) in [5.74, 6) is -1.59. The third-order valence-electron chi connectivity index (χ3n) is 4.06. The summed E-state index contributed by atoms with van der Waals surface area (Å²) >= 11 is 0. The zero-order valence-electron chi connectivity index (χ0n) is 16.4. The average molecular weight is 404 g/mol. The van der Waals surface area contributed by atoms with Gasteiger partial charge in [0.15, 0.2) is 6.10 Å². The molecule has 0 bridgehead atoms. The SMILES string of the molecule is C[C@H](OC(=O)c1ccc(NC(=O)CC#N)cc1)C(=O)N(CCC#N)c1ccccc1. The number of nitriles is 2. The van der Waals surface area contributed by atoms with Crippen LogP contribution in [0.1, 0.15) is 30.1 Å². The Balaban J connectivity index is 2.04. The molecule has 0 aromatic heterocycles. The van der Waals surface area contributed by atoms with Gasteiger partial charge in [-0.1, -0.05) is 18.2 Å². The van der Waals surface area contributed by atoms with Crippen LogP contribution in [-0.2, 0) is 14.3 Å². The normalized spacial score (nSPS) is 10.8. The van der Waals surface area contributed by atoms with Crippen molar-refractivity contribution < 1.29 is 19.1 Å². The summed E-state index contributed by atoms with van der Waals surface area (Å²) < 4.78 is 5.30. The molecular weight excluding hydrogens is 384 g/mol. The van der Waals surface area contributed by atoms with Crippen LogP contribution in [0, 0.1) is 22.7 Å². The first kappa shape index (κ1) is 22.1. The highest BCUT2D eigenvalue weighted by molar-refractivity contribution is 5.99. The van der Waals surface area contributed by atoms with E-state index in [1.807, 2.05) is 12.1 Å². The van der Waals surface area contributed by atoms with E-state index in [0.29, 0.717) is 11.4 Å². The van der Waals surface area contributed by atoms with Crippen LogP contribution in [0.2, 0.25) is 0 Å². The molecule has 0 saturated heterocycles. The smallest absolute Gasteiger partial charge is 0.338 e. The molecule has 2 aromatic carbocycles. The van der Waals surface area contributed by atoms with E-state index in [1.165, 1.54) is 36.1 Å². The molecule has 0 unspecified atom stereocenters. The van der Waals surface area contributed by atoms with Crippen LogP contribution in [0.4, 0.5) is 11.4 Å². The summed E-state index contributed by atoms with van der Waals surface area (Å²) in [7, 11) is 0. The Labute approximate surface area is 174 Å². The molecule has 0 radical (unpaired) electrons. The number of rotatable bonds is 8. The van der Waals surface area contributed by atoms with E-state index in [-0.39, 0.29) is 24.9 Å². The van der Waals surface area contributed by atoms with Crippen molar-refractivity contribution in [2.45, 2.75) is 25.9 Å². The molecule has 152 valence electrons. The molecular formula is C22H20N4O4. The van der Waals surface area contributed by atoms with Crippen LogP contribution in [-0.4, -0.2) is 30.4 Å². The number of anilines is 2. The number of hydrogen-bond donors (Lipinski definition) is 1. The number of carbonyl (C=O) groups excluding carboxylic acids is 3. The maximum atomic E-state index is 12.8. The Morgan fingerprint density at radius 3 is 2.30 bits per heavy atom. The molecule has 0 heterocycles. The molecule has 2 aromatic rings. The molecule has 0 saturated carbocycles. The summed E-state index contributed by atoms with van der Waals surface area (Å²) in [5.41, 5.74) is 1.25. The Morgan fingerprint density at radius 2 is 1.70 bits per heavy atom. The molecule has 0 fully saturated rings. The number of para-hydroxylation sites is 1. The Kier molecular flexibility index (Phi) is 8.10. The van der Waals surface area contributed by atoms with Crippen molar-refractivity contribution in [1.82, 2.24) is 0 Å². The van der Waals surface area contributed by atoms with Gasteiger partial charge < -0.3 is 15.0 Å². The van der Waals surface area contributed by atoms with Crippen molar-refractivity contribution in [1.29, 1.82) is 10.5 Å². The molecule has 1 atom stereocenters. The first-order chi connectivity index (χ1) is 14.5. The van der Waals surface area contributed by atoms with Gasteiger partial charge in [0.05, 0.1) is 24.1 Å². The molecule has 0 aliphatic rings. The van der Waals surface area contributed by atoms with Gasteiger partial charge >= 0.3 is 5.97 Å². The maximum Gasteiger partial charge on any atom is 0.338 e. The Morgan fingerprint density at radius 1 is 1.03 bits per heavy atom. The van der Waals surface area contributed by atoms with Gasteiger partial charge in [0.25, 0.3) is 5.91 Å². The van der Waals surface area contributed by atoms with Gasteiger partial charge in [0.1, 0.15) is 6.42 Å². The van der Waals surface area contributed by atoms with Gasteiger partial charge in [-0.3, -0.25) is 9.59 Å². The first-order valence-corrected chi connectivity index (χ1v) is 9.17. The minimum Gasteiger partial charge on any atom is -0.449 e. The Bertz CT molecular complexity index is 975. The minimum atomic E-state index is -1.06. The topological polar surface area (TPSA) is 123 Å². The quantitative estimate of drug-likeness (QED) is 0.675. The fourth-order valence-electron chi connectivity index (χ4n) is 2.60. The third kappa shape index (κ3) is 6.18. The third-order valence-corrected chi connectivity index (χ3v) is 4.06. The van der Waals surface area contributed by atoms with Crippen molar-refractivity contribution >= 4 is 29.2 Å². The van der Waals surface area contributed by atoms with Crippen LogP contribution < -0.4 is 10.2 Å². The second-order valence-corrected chi connectivity index (χ2v) is 6.24. The van der Waals surface area contributed by atoms with Crippen molar-refractivity contribution in [2.24, 2.45) is 0 Å². The Hall–Kier alpha value is -4.17. The fraction of sp³-hybridized carbons (Fsp3) is 0.227. The predicted molar refractivity (Wildman–Crippen MR) is 109 cm³/mol. The van der Waals surface area contributed by atoms with E-state index >= 15 is 0 Å². The van der Waals surface area contributed by atoms with Crippen LogP contribution in [0.25, 0.3) is 0 Å². The number of amides is 2. The van der Waals surface area contributed by atoms with E-state index in [2.05, 4.69) is 5.32 Å². The zero-order valence-corrected chi connectivity index (χ0v) is 16.4. The van der Waals surface area contributed by atoms with E-state index in [4.69, 9.17) is 15.3 Å². The maximum absolute atomic E-state index is 12.8. The second kappa shape index (κ2) is 11.0. The van der Waals surface area contributed by atoms with E-state index in [9.17, 15) is 14.4 Å². The molecule has 0 spiro atoms. The molecule has 2 amide bonds. The average Bonchev–Trinajstić information content (AvgIpc) is 2.75. The molecule has 0 aliphatic carbocycles. The highest BCUT2D eigenvalue weighted by Gasteiger charge is 2.25. The number of carbonyl (C=O) groups is 3. The lowest BCUT2D eigenvalue weighted by Gasteiger charge is -2.25. The highest BCUT2D eigenvalue weighted by Crippen LogP contribution is 2.17. The van der Waals surface area contributed by atoms with Crippen molar-refractivity contribution in [3.63, 3.8) is 0 Å². The van der Waals surface area contributed by atoms with E-state index in [0.717, 1.165) is 0 Å². The van der Waals surface area contributed by atoms with E-state index < -0.39 is 23.9 Å². The van der Waals surface area contributed by atoms with E-state index in [1.54, 1.807) is 30.3 Å². The lowest BCUT2D eigenvalue weighted by atomic mass is 10.2. The van der Waals surface area contributed by atoms with Crippen molar-refractivity contribution in [3.8, 4) is 12.1 Å². The standard InChI is InChI=1S/C22H20N4O4/c1-16(21(28)26(15-5-13-23)19-6-3-2-4-7-19)30-22(29)17-8-10-18(11-9-17)25-20(27)12-14-24/h2-4,6-11,16H,5,12,15H2,1H3,(H,25,27)/t16-/m0/s1. The van der Waals surface area contributed by atoms with Crippen LogP contribution >= 0.6 is 0 Å². The predicted octanol–water partition coefficient (Wildman–Crippen LogP) is 3.03. The summed E-state index contributed by atoms with van der Waals surface area (Å²) in [6, 6.07) is 18.5. The number of benzene rings is 2. The number of ether oxygens (including phenoxy) is 1. The highest BCUT2D eigenvalue weighted by atomic mass is 16.5. The number of hydrogen-bond acceptors (Lipinski definition) is 6. The number of nitrogens with zero attached hydrogens (tertiary/aromatic N) is 3. The lowest BCUT2D eigenvalue weighted by molar-refractivity contribution is -0.126.